The van der Waals surface area contributed by atoms with Crippen LogP contribution in [0.25, 0.3) is 0 Å². The van der Waals surface area contributed by atoms with Gasteiger partial charge in [0.1, 0.15) is 13.2 Å². The molecule has 0 spiro atoms. The average molecular weight is 447 g/mol. The van der Waals surface area contributed by atoms with Gasteiger partial charge in [0.15, 0.2) is 11.5 Å². The Morgan fingerprint density at radius 1 is 1.06 bits per heavy atom. The fourth-order valence-corrected chi connectivity index (χ4v) is 4.43. The fraction of sp³-hybridized carbons (Fsp3) is 0.435. The molecule has 3 rings (SSSR count). The summed E-state index contributed by atoms with van der Waals surface area (Å²) >= 11 is 0. The molecule has 0 radical (unpaired) electrons. The number of aryl methyl sites for hydroxylation is 2. The van der Waals surface area contributed by atoms with Crippen molar-refractivity contribution in [2.75, 3.05) is 30.3 Å². The number of amides is 1. The number of carbonyl (C=O) groups excluding carboxylic acids is 1. The van der Waals surface area contributed by atoms with Crippen LogP contribution in [0.4, 0.5) is 5.69 Å². The van der Waals surface area contributed by atoms with E-state index in [-0.39, 0.29) is 24.9 Å². The monoisotopic (exact) mass is 446 g/mol. The zero-order valence-corrected chi connectivity index (χ0v) is 19.3. The normalized spacial score (nSPS) is 14.1. The van der Waals surface area contributed by atoms with E-state index in [1.165, 1.54) is 10.6 Å². The summed E-state index contributed by atoms with van der Waals surface area (Å²) in [5.41, 5.74) is 3.67. The second-order valence-corrected chi connectivity index (χ2v) is 9.81. The van der Waals surface area contributed by atoms with Crippen LogP contribution in [0.3, 0.4) is 0 Å². The zero-order valence-electron chi connectivity index (χ0n) is 18.5. The van der Waals surface area contributed by atoms with Crippen LogP contribution in [0, 0.1) is 13.8 Å². The highest BCUT2D eigenvalue weighted by molar-refractivity contribution is 7.92. The van der Waals surface area contributed by atoms with Crippen LogP contribution in [0.15, 0.2) is 36.4 Å². The van der Waals surface area contributed by atoms with E-state index < -0.39 is 10.0 Å². The van der Waals surface area contributed by atoms with Gasteiger partial charge in [0, 0.05) is 13.0 Å². The van der Waals surface area contributed by atoms with Gasteiger partial charge >= 0.3 is 0 Å². The van der Waals surface area contributed by atoms with Crippen LogP contribution < -0.4 is 19.1 Å². The lowest BCUT2D eigenvalue weighted by Gasteiger charge is -2.23. The number of carbonyl (C=O) groups is 1. The molecule has 31 heavy (non-hydrogen) atoms. The molecule has 8 heteroatoms. The van der Waals surface area contributed by atoms with Crippen molar-refractivity contribution in [2.45, 2.75) is 39.7 Å². The Bertz CT molecular complexity index is 1050. The van der Waals surface area contributed by atoms with Crippen LogP contribution in [0.5, 0.6) is 11.5 Å². The number of nitrogens with zero attached hydrogens (tertiary/aromatic N) is 1. The molecule has 1 atom stereocenters. The summed E-state index contributed by atoms with van der Waals surface area (Å²) in [4.78, 5) is 12.4. The molecule has 2 aromatic rings. The molecule has 0 fully saturated rings. The Kier molecular flexibility index (Phi) is 7.10. The van der Waals surface area contributed by atoms with Crippen LogP contribution in [0.2, 0.25) is 0 Å². The minimum atomic E-state index is -3.44. The first-order chi connectivity index (χ1) is 14.6. The van der Waals surface area contributed by atoms with Gasteiger partial charge in [0.25, 0.3) is 0 Å². The van der Waals surface area contributed by atoms with Gasteiger partial charge in [-0.25, -0.2) is 8.42 Å². The summed E-state index contributed by atoms with van der Waals surface area (Å²) in [6, 6.07) is 11.0. The first kappa shape index (κ1) is 22.9. The van der Waals surface area contributed by atoms with Crippen molar-refractivity contribution in [1.82, 2.24) is 5.32 Å². The number of hydrogen-bond donors (Lipinski definition) is 1. The molecule has 0 unspecified atom stereocenters. The first-order valence-corrected chi connectivity index (χ1v) is 12.2. The third-order valence-corrected chi connectivity index (χ3v) is 6.58. The van der Waals surface area contributed by atoms with Gasteiger partial charge in [0.2, 0.25) is 15.9 Å². The molecule has 0 aliphatic carbocycles. The second-order valence-electron chi connectivity index (χ2n) is 7.90. The number of sulfonamides is 1. The van der Waals surface area contributed by atoms with E-state index in [0.29, 0.717) is 36.8 Å². The number of anilines is 1. The second kappa shape index (κ2) is 9.60. The predicted molar refractivity (Wildman–Crippen MR) is 121 cm³/mol. The van der Waals surface area contributed by atoms with Gasteiger partial charge in [-0.3, -0.25) is 9.10 Å². The summed E-state index contributed by atoms with van der Waals surface area (Å²) in [6.45, 7) is 7.12. The third kappa shape index (κ3) is 5.91. The van der Waals surface area contributed by atoms with E-state index >= 15 is 0 Å². The number of ether oxygens (including phenoxy) is 2. The van der Waals surface area contributed by atoms with Gasteiger partial charge < -0.3 is 14.8 Å². The maximum atomic E-state index is 12.4. The van der Waals surface area contributed by atoms with Crippen molar-refractivity contribution in [1.29, 1.82) is 0 Å². The highest BCUT2D eigenvalue weighted by Crippen LogP contribution is 2.32. The number of nitrogens with one attached hydrogen (secondary N) is 1. The van der Waals surface area contributed by atoms with E-state index in [1.807, 2.05) is 51.1 Å². The van der Waals surface area contributed by atoms with Crippen molar-refractivity contribution in [3.63, 3.8) is 0 Å². The lowest BCUT2D eigenvalue weighted by atomic mass is 10.1. The average Bonchev–Trinajstić information content (AvgIpc) is 2.72. The topological polar surface area (TPSA) is 84.9 Å². The number of fused-ring (bicyclic) bond motifs is 1. The first-order valence-electron chi connectivity index (χ1n) is 10.4. The van der Waals surface area contributed by atoms with Gasteiger partial charge in [-0.15, -0.1) is 0 Å². The smallest absolute Gasteiger partial charge is 0.232 e. The largest absolute Gasteiger partial charge is 0.486 e. The van der Waals surface area contributed by atoms with E-state index in [1.54, 1.807) is 6.07 Å². The summed E-state index contributed by atoms with van der Waals surface area (Å²) in [7, 11) is -3.44. The minimum absolute atomic E-state index is 0.129. The van der Waals surface area contributed by atoms with E-state index in [0.717, 1.165) is 16.7 Å². The number of benzene rings is 2. The third-order valence-electron chi connectivity index (χ3n) is 5.39. The van der Waals surface area contributed by atoms with Crippen LogP contribution >= 0.6 is 0 Å². The molecular weight excluding hydrogens is 416 g/mol. The standard InChI is InChI=1S/C23H30N2O5S/c1-16-7-9-20(14-17(16)2)25(31(4,27)28)11-5-6-23(26)24-18(3)19-8-10-21-22(15-19)30-13-12-29-21/h7-10,14-15,18H,5-6,11-13H2,1-4H3,(H,24,26)/t18-/m0/s1. The highest BCUT2D eigenvalue weighted by Gasteiger charge is 2.19. The Morgan fingerprint density at radius 3 is 2.45 bits per heavy atom. The Hall–Kier alpha value is -2.74. The van der Waals surface area contributed by atoms with Crippen molar-refractivity contribution in [3.05, 3.63) is 53.1 Å². The van der Waals surface area contributed by atoms with Gasteiger partial charge in [0.05, 0.1) is 18.0 Å². The lowest BCUT2D eigenvalue weighted by molar-refractivity contribution is -0.121. The maximum Gasteiger partial charge on any atom is 0.232 e. The summed E-state index contributed by atoms with van der Waals surface area (Å²) in [5, 5.41) is 2.97. The SMILES string of the molecule is Cc1ccc(N(CCCC(=O)N[C@@H](C)c2ccc3c(c2)OCCO3)S(C)(=O)=O)cc1C. The molecule has 0 aromatic heterocycles. The minimum Gasteiger partial charge on any atom is -0.486 e. The summed E-state index contributed by atoms with van der Waals surface area (Å²) in [6.07, 6.45) is 1.83. The molecule has 168 valence electrons. The molecule has 1 aliphatic rings. The number of rotatable bonds is 8. The molecule has 0 bridgehead atoms. The zero-order chi connectivity index (χ0) is 22.6. The molecule has 1 N–H and O–H groups in total. The molecule has 1 heterocycles. The van der Waals surface area contributed by atoms with Gasteiger partial charge in [-0.1, -0.05) is 12.1 Å². The van der Waals surface area contributed by atoms with E-state index in [2.05, 4.69) is 5.32 Å². The van der Waals surface area contributed by atoms with Crippen molar-refractivity contribution < 1.29 is 22.7 Å². The maximum absolute atomic E-state index is 12.4. The molecule has 0 saturated heterocycles. The predicted octanol–water partition coefficient (Wildman–Crippen LogP) is 3.50. The highest BCUT2D eigenvalue weighted by atomic mass is 32.2. The molecule has 7 nitrogen and oxygen atoms in total. The Labute approximate surface area is 184 Å². The van der Waals surface area contributed by atoms with Crippen LogP contribution in [-0.4, -0.2) is 40.3 Å². The summed E-state index contributed by atoms with van der Waals surface area (Å²) < 4.78 is 37.1. The van der Waals surface area contributed by atoms with Crippen molar-refractivity contribution in [3.8, 4) is 11.5 Å². The van der Waals surface area contributed by atoms with E-state index in [9.17, 15) is 13.2 Å². The van der Waals surface area contributed by atoms with Crippen LogP contribution in [-0.2, 0) is 14.8 Å². The molecule has 1 amide bonds. The lowest BCUT2D eigenvalue weighted by Crippen LogP contribution is -2.32. The molecular formula is C23H30N2O5S. The molecule has 0 saturated carbocycles. The fourth-order valence-electron chi connectivity index (χ4n) is 3.48. The van der Waals surface area contributed by atoms with Gasteiger partial charge in [-0.05, 0) is 68.1 Å². The van der Waals surface area contributed by atoms with Crippen molar-refractivity contribution in [2.24, 2.45) is 0 Å². The quantitative estimate of drug-likeness (QED) is 0.671. The molecule has 1 aliphatic heterocycles. The van der Waals surface area contributed by atoms with Crippen molar-refractivity contribution >= 4 is 21.6 Å². The Balaban J connectivity index is 1.57. The Morgan fingerprint density at radius 2 is 1.77 bits per heavy atom. The van der Waals surface area contributed by atoms with Gasteiger partial charge in [-0.2, -0.15) is 0 Å². The summed E-state index contributed by atoms with van der Waals surface area (Å²) in [5.74, 6) is 1.26. The van der Waals surface area contributed by atoms with Crippen LogP contribution in [0.1, 0.15) is 42.5 Å². The number of hydrogen-bond acceptors (Lipinski definition) is 5. The molecule has 2 aromatic carbocycles. The van der Waals surface area contributed by atoms with E-state index in [4.69, 9.17) is 9.47 Å².